The molecule has 0 N–H and O–H groups in total. The van der Waals surface area contributed by atoms with Crippen molar-refractivity contribution < 1.29 is 0 Å². The highest BCUT2D eigenvalue weighted by Crippen LogP contribution is 2.58. The summed E-state index contributed by atoms with van der Waals surface area (Å²) in [6.45, 7) is 7.04. The van der Waals surface area contributed by atoms with Crippen LogP contribution >= 0.6 is 0 Å². The molecular weight excluding hydrogens is 158 g/mol. The molecule has 3 saturated carbocycles. The third-order valence-corrected chi connectivity index (χ3v) is 4.75. The molecule has 0 aliphatic heterocycles. The second kappa shape index (κ2) is 3.11. The standard InChI is InChI=1S/C12H21N/c1-3-11-4-7-12(8-5-11,9-6-11)10-13-2/h2-10H2,1H3. The Bertz CT molecular complexity index is 183. The minimum Gasteiger partial charge on any atom is -0.300 e. The Morgan fingerprint density at radius 2 is 1.46 bits per heavy atom. The average molecular weight is 179 g/mol. The number of hydrogen-bond donors (Lipinski definition) is 0. The highest BCUT2D eigenvalue weighted by Gasteiger charge is 2.47. The van der Waals surface area contributed by atoms with E-state index < -0.39 is 0 Å². The molecule has 0 heterocycles. The molecule has 0 radical (unpaired) electrons. The Balaban J connectivity index is 2.06. The largest absolute Gasteiger partial charge is 0.300 e. The molecule has 3 aliphatic carbocycles. The number of nitrogens with zero attached hydrogens (tertiary/aromatic N) is 1. The van der Waals surface area contributed by atoms with Gasteiger partial charge in [0.05, 0.1) is 0 Å². The van der Waals surface area contributed by atoms with Gasteiger partial charge < -0.3 is 4.99 Å². The summed E-state index contributed by atoms with van der Waals surface area (Å²) >= 11 is 0. The minimum atomic E-state index is 0.582. The molecule has 2 bridgehead atoms. The van der Waals surface area contributed by atoms with Crippen LogP contribution in [0.5, 0.6) is 0 Å². The topological polar surface area (TPSA) is 12.4 Å². The van der Waals surface area contributed by atoms with Gasteiger partial charge in [0.2, 0.25) is 0 Å². The third kappa shape index (κ3) is 1.43. The first-order valence-corrected chi connectivity index (χ1v) is 5.67. The molecule has 13 heavy (non-hydrogen) atoms. The van der Waals surface area contributed by atoms with Crippen LogP contribution in [0, 0.1) is 10.8 Å². The third-order valence-electron chi connectivity index (χ3n) is 4.75. The number of fused-ring (bicyclic) bond motifs is 3. The first-order valence-electron chi connectivity index (χ1n) is 5.67. The van der Waals surface area contributed by atoms with Crippen molar-refractivity contribution in [3.05, 3.63) is 0 Å². The lowest BCUT2D eigenvalue weighted by molar-refractivity contribution is -0.00489. The first-order chi connectivity index (χ1) is 6.24. The van der Waals surface area contributed by atoms with Crippen molar-refractivity contribution in [3.63, 3.8) is 0 Å². The van der Waals surface area contributed by atoms with Crippen LogP contribution in [0.15, 0.2) is 4.99 Å². The summed E-state index contributed by atoms with van der Waals surface area (Å²) in [4.78, 5) is 4.13. The second-order valence-electron chi connectivity index (χ2n) is 5.24. The molecule has 0 aromatic carbocycles. The Labute approximate surface area is 81.6 Å². The van der Waals surface area contributed by atoms with E-state index in [4.69, 9.17) is 0 Å². The Morgan fingerprint density at radius 3 is 1.85 bits per heavy atom. The number of rotatable bonds is 3. The van der Waals surface area contributed by atoms with Gasteiger partial charge in [-0.25, -0.2) is 0 Å². The first kappa shape index (κ1) is 9.23. The SMILES string of the molecule is C=NCC12CCC(CC)(CC1)CC2. The van der Waals surface area contributed by atoms with Crippen LogP contribution in [0.4, 0.5) is 0 Å². The van der Waals surface area contributed by atoms with Crippen LogP contribution in [0.25, 0.3) is 0 Å². The zero-order valence-electron chi connectivity index (χ0n) is 8.81. The summed E-state index contributed by atoms with van der Waals surface area (Å²) in [7, 11) is 0. The van der Waals surface area contributed by atoms with E-state index in [1.165, 1.54) is 44.9 Å². The normalized spacial score (nSPS) is 43.5. The lowest BCUT2D eigenvalue weighted by Gasteiger charge is -2.53. The van der Waals surface area contributed by atoms with Gasteiger partial charge in [-0.1, -0.05) is 13.3 Å². The molecule has 74 valence electrons. The van der Waals surface area contributed by atoms with Gasteiger partial charge in [-0.05, 0) is 56.1 Å². The summed E-state index contributed by atoms with van der Waals surface area (Å²) in [5, 5.41) is 0. The second-order valence-corrected chi connectivity index (χ2v) is 5.24. The minimum absolute atomic E-state index is 0.582. The number of hydrogen-bond acceptors (Lipinski definition) is 1. The van der Waals surface area contributed by atoms with Gasteiger partial charge in [0.1, 0.15) is 0 Å². The van der Waals surface area contributed by atoms with Gasteiger partial charge in [-0.3, -0.25) is 0 Å². The van der Waals surface area contributed by atoms with Crippen LogP contribution in [0.1, 0.15) is 51.9 Å². The average Bonchev–Trinajstić information content (AvgIpc) is 2.21. The van der Waals surface area contributed by atoms with Crippen molar-refractivity contribution in [1.29, 1.82) is 0 Å². The molecule has 1 nitrogen and oxygen atoms in total. The zero-order chi connectivity index (χ0) is 9.36. The van der Waals surface area contributed by atoms with Crippen molar-refractivity contribution >= 4 is 6.72 Å². The van der Waals surface area contributed by atoms with Crippen molar-refractivity contribution in [1.82, 2.24) is 0 Å². The Morgan fingerprint density at radius 1 is 1.00 bits per heavy atom. The predicted molar refractivity (Wildman–Crippen MR) is 57.3 cm³/mol. The zero-order valence-corrected chi connectivity index (χ0v) is 8.81. The van der Waals surface area contributed by atoms with Gasteiger partial charge in [0.15, 0.2) is 0 Å². The van der Waals surface area contributed by atoms with E-state index in [2.05, 4.69) is 18.6 Å². The molecule has 1 heteroatoms. The van der Waals surface area contributed by atoms with Crippen molar-refractivity contribution in [2.24, 2.45) is 15.8 Å². The van der Waals surface area contributed by atoms with Gasteiger partial charge in [0.25, 0.3) is 0 Å². The maximum absolute atomic E-state index is 4.13. The van der Waals surface area contributed by atoms with E-state index >= 15 is 0 Å². The van der Waals surface area contributed by atoms with E-state index in [0.717, 1.165) is 12.0 Å². The molecular formula is C12H21N. The molecule has 0 amide bonds. The van der Waals surface area contributed by atoms with Crippen LogP contribution in [-0.2, 0) is 0 Å². The van der Waals surface area contributed by atoms with Crippen LogP contribution in [0.2, 0.25) is 0 Å². The van der Waals surface area contributed by atoms with Gasteiger partial charge >= 0.3 is 0 Å². The molecule has 0 spiro atoms. The lowest BCUT2D eigenvalue weighted by Crippen LogP contribution is -2.42. The summed E-state index contributed by atoms with van der Waals surface area (Å²) in [6.07, 6.45) is 10.0. The lowest BCUT2D eigenvalue weighted by atomic mass is 9.53. The highest BCUT2D eigenvalue weighted by molar-refractivity contribution is 5.23. The van der Waals surface area contributed by atoms with E-state index in [1.54, 1.807) is 0 Å². The monoisotopic (exact) mass is 179 g/mol. The van der Waals surface area contributed by atoms with E-state index in [-0.39, 0.29) is 0 Å². The summed E-state index contributed by atoms with van der Waals surface area (Å²) in [6, 6.07) is 0. The maximum Gasteiger partial charge on any atom is 0.0438 e. The smallest absolute Gasteiger partial charge is 0.0438 e. The van der Waals surface area contributed by atoms with Gasteiger partial charge in [-0.2, -0.15) is 0 Å². The molecule has 0 saturated heterocycles. The van der Waals surface area contributed by atoms with Crippen LogP contribution in [0.3, 0.4) is 0 Å². The molecule has 0 aromatic heterocycles. The highest BCUT2D eigenvalue weighted by atomic mass is 14.7. The molecule has 0 unspecified atom stereocenters. The van der Waals surface area contributed by atoms with Crippen molar-refractivity contribution in [2.75, 3.05) is 6.54 Å². The fourth-order valence-corrected chi connectivity index (χ4v) is 3.35. The molecule has 3 aliphatic rings. The van der Waals surface area contributed by atoms with Crippen molar-refractivity contribution in [3.8, 4) is 0 Å². The molecule has 3 fully saturated rings. The Kier molecular flexibility index (Phi) is 2.21. The molecule has 0 atom stereocenters. The summed E-state index contributed by atoms with van der Waals surface area (Å²) < 4.78 is 0. The quantitative estimate of drug-likeness (QED) is 0.588. The summed E-state index contributed by atoms with van der Waals surface area (Å²) in [5.74, 6) is 0. The number of aliphatic imine (C=N–C) groups is 1. The fourth-order valence-electron chi connectivity index (χ4n) is 3.35. The predicted octanol–water partition coefficient (Wildman–Crippen LogP) is 3.44. The summed E-state index contributed by atoms with van der Waals surface area (Å²) in [5.41, 5.74) is 1.32. The van der Waals surface area contributed by atoms with Crippen molar-refractivity contribution in [2.45, 2.75) is 51.9 Å². The van der Waals surface area contributed by atoms with Crippen LogP contribution in [-0.4, -0.2) is 13.3 Å². The maximum atomic E-state index is 4.13. The fraction of sp³-hybridized carbons (Fsp3) is 0.917. The Hall–Kier alpha value is -0.330. The molecule has 0 aromatic rings. The van der Waals surface area contributed by atoms with Crippen LogP contribution < -0.4 is 0 Å². The van der Waals surface area contributed by atoms with E-state index in [0.29, 0.717) is 5.41 Å². The van der Waals surface area contributed by atoms with Gasteiger partial charge in [-0.15, -0.1) is 0 Å². The van der Waals surface area contributed by atoms with E-state index in [9.17, 15) is 0 Å². The van der Waals surface area contributed by atoms with E-state index in [1.807, 2.05) is 0 Å². The van der Waals surface area contributed by atoms with Gasteiger partial charge in [0, 0.05) is 6.54 Å². The molecule has 3 rings (SSSR count).